The molecule has 1 saturated heterocycles. The molecule has 0 spiro atoms. The van der Waals surface area contributed by atoms with Gasteiger partial charge in [-0.05, 0) is 80.2 Å². The SMILES string of the molecule is COc1cc2nccc(Oc3ccc(NC(=O)Nc4ccc(CC5CCNCC5)c(C(F)(F)F)c4)c(F)c3)c2cc1OC. The van der Waals surface area contributed by atoms with Gasteiger partial charge in [0.05, 0.1) is 31.0 Å². The molecule has 5 rings (SSSR count). The molecule has 4 aromatic rings. The average molecular weight is 599 g/mol. The van der Waals surface area contributed by atoms with E-state index < -0.39 is 23.6 Å². The predicted molar refractivity (Wildman–Crippen MR) is 155 cm³/mol. The lowest BCUT2D eigenvalue weighted by Crippen LogP contribution is -2.29. The topological polar surface area (TPSA) is 93.7 Å². The van der Waals surface area contributed by atoms with E-state index in [4.69, 9.17) is 14.2 Å². The number of fused-ring (bicyclic) bond motifs is 1. The van der Waals surface area contributed by atoms with Crippen LogP contribution < -0.4 is 30.2 Å². The molecule has 12 heteroatoms. The number of methoxy groups -OCH3 is 2. The Morgan fingerprint density at radius 2 is 1.70 bits per heavy atom. The molecule has 1 fully saturated rings. The van der Waals surface area contributed by atoms with Crippen LogP contribution in [-0.4, -0.2) is 38.3 Å². The molecule has 1 aromatic heterocycles. The highest BCUT2D eigenvalue weighted by atomic mass is 19.4. The second-order valence-electron chi connectivity index (χ2n) is 10.1. The van der Waals surface area contributed by atoms with Crippen LogP contribution in [0, 0.1) is 11.7 Å². The molecule has 0 atom stereocenters. The van der Waals surface area contributed by atoms with Crippen molar-refractivity contribution in [2.45, 2.75) is 25.4 Å². The largest absolute Gasteiger partial charge is 0.493 e. The second kappa shape index (κ2) is 12.7. The minimum atomic E-state index is -4.59. The van der Waals surface area contributed by atoms with Gasteiger partial charge in [0.25, 0.3) is 0 Å². The zero-order valence-corrected chi connectivity index (χ0v) is 23.5. The Bertz CT molecular complexity index is 1620. The number of pyridine rings is 1. The van der Waals surface area contributed by atoms with Crippen LogP contribution in [0.3, 0.4) is 0 Å². The summed E-state index contributed by atoms with van der Waals surface area (Å²) >= 11 is 0. The summed E-state index contributed by atoms with van der Waals surface area (Å²) in [5.74, 6) is 0.824. The zero-order valence-electron chi connectivity index (χ0n) is 23.5. The monoisotopic (exact) mass is 598 g/mol. The molecular weight excluding hydrogens is 568 g/mol. The number of amides is 2. The molecule has 1 aliphatic rings. The molecule has 0 bridgehead atoms. The van der Waals surface area contributed by atoms with E-state index >= 15 is 0 Å². The summed E-state index contributed by atoms with van der Waals surface area (Å²) < 4.78 is 73.1. The number of hydrogen-bond acceptors (Lipinski definition) is 6. The summed E-state index contributed by atoms with van der Waals surface area (Å²) in [6.45, 7) is 1.56. The molecule has 0 saturated carbocycles. The fraction of sp³-hybridized carbons (Fsp3) is 0.290. The fourth-order valence-electron chi connectivity index (χ4n) is 5.10. The quantitative estimate of drug-likeness (QED) is 0.183. The first kappa shape index (κ1) is 29.9. The molecule has 3 aromatic carbocycles. The third-order valence-electron chi connectivity index (χ3n) is 7.26. The highest BCUT2D eigenvalue weighted by Crippen LogP contribution is 2.38. The van der Waals surface area contributed by atoms with Crippen molar-refractivity contribution in [1.29, 1.82) is 0 Å². The number of rotatable bonds is 8. The third kappa shape index (κ3) is 7.08. The Hall–Kier alpha value is -4.58. The van der Waals surface area contributed by atoms with Gasteiger partial charge in [0.2, 0.25) is 0 Å². The number of nitrogens with one attached hydrogen (secondary N) is 3. The lowest BCUT2D eigenvalue weighted by molar-refractivity contribution is -0.138. The Morgan fingerprint density at radius 1 is 0.953 bits per heavy atom. The van der Waals surface area contributed by atoms with Crippen molar-refractivity contribution >= 4 is 28.3 Å². The van der Waals surface area contributed by atoms with Crippen LogP contribution in [0.5, 0.6) is 23.0 Å². The van der Waals surface area contributed by atoms with Gasteiger partial charge in [-0.15, -0.1) is 0 Å². The number of halogens is 4. The summed E-state index contributed by atoms with van der Waals surface area (Å²) in [6, 6.07) is 11.6. The number of benzene rings is 3. The lowest BCUT2D eigenvalue weighted by atomic mass is 9.89. The molecule has 2 heterocycles. The van der Waals surface area contributed by atoms with E-state index in [-0.39, 0.29) is 28.6 Å². The van der Waals surface area contributed by atoms with Crippen LogP contribution in [0.25, 0.3) is 10.9 Å². The minimum absolute atomic E-state index is 0.0594. The van der Waals surface area contributed by atoms with E-state index in [1.54, 1.807) is 18.2 Å². The van der Waals surface area contributed by atoms with Crippen molar-refractivity contribution in [2.75, 3.05) is 37.9 Å². The summed E-state index contributed by atoms with van der Waals surface area (Å²) in [5.41, 5.74) is -0.286. The first-order chi connectivity index (χ1) is 20.6. The summed E-state index contributed by atoms with van der Waals surface area (Å²) in [7, 11) is 3.01. The van der Waals surface area contributed by atoms with Crippen LogP contribution in [0.1, 0.15) is 24.0 Å². The van der Waals surface area contributed by atoms with E-state index in [1.807, 2.05) is 0 Å². The van der Waals surface area contributed by atoms with Crippen molar-refractivity contribution < 1.29 is 36.6 Å². The van der Waals surface area contributed by atoms with Crippen LogP contribution in [0.15, 0.2) is 60.8 Å². The molecule has 2 amide bonds. The van der Waals surface area contributed by atoms with Gasteiger partial charge in [0, 0.05) is 29.4 Å². The van der Waals surface area contributed by atoms with E-state index in [9.17, 15) is 22.4 Å². The Balaban J connectivity index is 1.28. The van der Waals surface area contributed by atoms with Crippen molar-refractivity contribution in [3.05, 3.63) is 77.7 Å². The number of carbonyl (C=O) groups excluding carboxylic acids is 1. The standard InChI is InChI=1S/C31H30F4N4O4/c1-41-28-16-22-26(17-29(28)42-2)37-12-9-27(22)43-21-5-6-25(24(32)15-21)39-30(40)38-20-4-3-19(23(14-20)31(33,34)35)13-18-7-10-36-11-8-18/h3-6,9,12,14-18,36H,7-8,10-11,13H2,1-2H3,(H2,38,39,40). The maximum atomic E-state index is 15.0. The van der Waals surface area contributed by atoms with Gasteiger partial charge in [-0.25, -0.2) is 9.18 Å². The number of piperidine rings is 1. The summed E-state index contributed by atoms with van der Waals surface area (Å²) in [6.07, 6.45) is -1.14. The van der Waals surface area contributed by atoms with Gasteiger partial charge >= 0.3 is 12.2 Å². The number of aromatic nitrogens is 1. The maximum Gasteiger partial charge on any atom is 0.416 e. The van der Waals surface area contributed by atoms with Gasteiger partial charge in [0.15, 0.2) is 11.5 Å². The Labute approximate surface area is 245 Å². The molecule has 3 N–H and O–H groups in total. The van der Waals surface area contributed by atoms with Crippen molar-refractivity contribution in [3.8, 4) is 23.0 Å². The van der Waals surface area contributed by atoms with Crippen molar-refractivity contribution in [1.82, 2.24) is 10.3 Å². The van der Waals surface area contributed by atoms with E-state index in [0.29, 0.717) is 34.6 Å². The average Bonchev–Trinajstić information content (AvgIpc) is 2.98. The summed E-state index contributed by atoms with van der Waals surface area (Å²) in [5, 5.41) is 8.51. The lowest BCUT2D eigenvalue weighted by Gasteiger charge is -2.24. The smallest absolute Gasteiger partial charge is 0.416 e. The minimum Gasteiger partial charge on any atom is -0.493 e. The van der Waals surface area contributed by atoms with Crippen molar-refractivity contribution in [3.63, 3.8) is 0 Å². The highest BCUT2D eigenvalue weighted by molar-refractivity contribution is 6.00. The molecule has 43 heavy (non-hydrogen) atoms. The third-order valence-corrected chi connectivity index (χ3v) is 7.26. The predicted octanol–water partition coefficient (Wildman–Crippen LogP) is 7.39. The molecule has 0 aliphatic carbocycles. The Morgan fingerprint density at radius 3 is 2.40 bits per heavy atom. The molecule has 8 nitrogen and oxygen atoms in total. The van der Waals surface area contributed by atoms with Gasteiger partial charge in [-0.2, -0.15) is 13.2 Å². The first-order valence-electron chi connectivity index (χ1n) is 13.6. The molecular formula is C31H30F4N4O4. The van der Waals surface area contributed by atoms with Crippen LogP contribution in [-0.2, 0) is 12.6 Å². The van der Waals surface area contributed by atoms with Gasteiger partial charge in [-0.3, -0.25) is 4.98 Å². The van der Waals surface area contributed by atoms with Gasteiger partial charge in [0.1, 0.15) is 17.3 Å². The molecule has 0 radical (unpaired) electrons. The summed E-state index contributed by atoms with van der Waals surface area (Å²) in [4.78, 5) is 16.9. The number of urea groups is 1. The number of carbonyl (C=O) groups is 1. The highest BCUT2D eigenvalue weighted by Gasteiger charge is 2.34. The number of hydrogen-bond donors (Lipinski definition) is 3. The van der Waals surface area contributed by atoms with Crippen molar-refractivity contribution in [2.24, 2.45) is 5.92 Å². The van der Waals surface area contributed by atoms with E-state index in [1.165, 1.54) is 44.7 Å². The molecule has 226 valence electrons. The molecule has 1 aliphatic heterocycles. The Kier molecular flexibility index (Phi) is 8.86. The maximum absolute atomic E-state index is 15.0. The molecule has 0 unspecified atom stereocenters. The number of anilines is 2. The van der Waals surface area contributed by atoms with Gasteiger partial charge < -0.3 is 30.2 Å². The van der Waals surface area contributed by atoms with Crippen LogP contribution >= 0.6 is 0 Å². The number of alkyl halides is 3. The first-order valence-corrected chi connectivity index (χ1v) is 13.6. The van der Waals surface area contributed by atoms with Gasteiger partial charge in [-0.1, -0.05) is 6.07 Å². The van der Waals surface area contributed by atoms with E-state index in [2.05, 4.69) is 20.9 Å². The van der Waals surface area contributed by atoms with Crippen LogP contribution in [0.2, 0.25) is 0 Å². The van der Waals surface area contributed by atoms with Crippen LogP contribution in [0.4, 0.5) is 33.7 Å². The fourth-order valence-corrected chi connectivity index (χ4v) is 5.10. The number of nitrogens with zero attached hydrogens (tertiary/aromatic N) is 1. The normalized spacial score (nSPS) is 13.9. The zero-order chi connectivity index (χ0) is 30.6. The van der Waals surface area contributed by atoms with E-state index in [0.717, 1.165) is 38.1 Å². The number of ether oxygens (including phenoxy) is 3. The second-order valence-corrected chi connectivity index (χ2v) is 10.1.